The van der Waals surface area contributed by atoms with Gasteiger partial charge in [-0.3, -0.25) is 4.79 Å². The van der Waals surface area contributed by atoms with Gasteiger partial charge < -0.3 is 25.2 Å². The van der Waals surface area contributed by atoms with Gasteiger partial charge in [0.15, 0.2) is 0 Å². The van der Waals surface area contributed by atoms with E-state index in [9.17, 15) is 9.90 Å². The van der Waals surface area contributed by atoms with Gasteiger partial charge in [-0.2, -0.15) is 0 Å². The highest BCUT2D eigenvalue weighted by molar-refractivity contribution is 6.30. The number of amides is 1. The molecule has 0 bridgehead atoms. The quantitative estimate of drug-likeness (QED) is 0.446. The highest BCUT2D eigenvalue weighted by Crippen LogP contribution is 2.25. The van der Waals surface area contributed by atoms with Crippen LogP contribution >= 0.6 is 11.6 Å². The lowest BCUT2D eigenvalue weighted by molar-refractivity contribution is 0.0801. The first-order valence-corrected chi connectivity index (χ1v) is 11.7. The second-order valence-electron chi connectivity index (χ2n) is 8.41. The minimum atomic E-state index is -0.983. The number of carbonyl (C=O) groups is 1. The molecule has 1 aliphatic heterocycles. The summed E-state index contributed by atoms with van der Waals surface area (Å²) in [5, 5.41) is 21.4. The van der Waals surface area contributed by atoms with Gasteiger partial charge in [-0.25, -0.2) is 15.0 Å². The number of hydrogen-bond acceptors (Lipinski definition) is 8. The van der Waals surface area contributed by atoms with Crippen LogP contribution in [0.25, 0.3) is 0 Å². The van der Waals surface area contributed by atoms with E-state index in [1.165, 1.54) is 0 Å². The number of piperidine rings is 1. The van der Waals surface area contributed by atoms with Crippen LogP contribution in [0.3, 0.4) is 0 Å². The second kappa shape index (κ2) is 12.1. The van der Waals surface area contributed by atoms with Crippen LogP contribution in [0.4, 0.5) is 5.95 Å². The molecule has 180 valence electrons. The van der Waals surface area contributed by atoms with Crippen LogP contribution in [0.15, 0.2) is 18.5 Å². The Morgan fingerprint density at radius 2 is 2.00 bits per heavy atom. The van der Waals surface area contributed by atoms with Crippen LogP contribution in [0.5, 0.6) is 5.88 Å². The van der Waals surface area contributed by atoms with Crippen molar-refractivity contribution >= 4 is 23.5 Å². The molecule has 0 aromatic carbocycles. The largest absolute Gasteiger partial charge is 0.478 e. The lowest BCUT2D eigenvalue weighted by Gasteiger charge is -2.31. The summed E-state index contributed by atoms with van der Waals surface area (Å²) in [5.74, 6) is 1.56. The Morgan fingerprint density at radius 1 is 1.30 bits per heavy atom. The molecule has 0 radical (unpaired) electrons. The van der Waals surface area contributed by atoms with Gasteiger partial charge in [0.1, 0.15) is 0 Å². The first-order valence-electron chi connectivity index (χ1n) is 11.3. The number of anilines is 1. The van der Waals surface area contributed by atoms with Gasteiger partial charge in [-0.1, -0.05) is 11.6 Å². The predicted octanol–water partition coefficient (Wildman–Crippen LogP) is 2.30. The number of ether oxygens (including phenoxy) is 1. The third-order valence-electron chi connectivity index (χ3n) is 5.82. The van der Waals surface area contributed by atoms with Crippen molar-refractivity contribution in [1.29, 1.82) is 0 Å². The van der Waals surface area contributed by atoms with Gasteiger partial charge in [0.2, 0.25) is 11.8 Å². The molecular formula is C23H32ClN5O4. The van der Waals surface area contributed by atoms with Crippen molar-refractivity contribution in [2.24, 2.45) is 5.92 Å². The second-order valence-corrected chi connectivity index (χ2v) is 8.84. The Kier molecular flexibility index (Phi) is 9.22. The van der Waals surface area contributed by atoms with Crippen molar-refractivity contribution in [3.05, 3.63) is 40.3 Å². The van der Waals surface area contributed by atoms with E-state index in [0.29, 0.717) is 34.7 Å². The van der Waals surface area contributed by atoms with E-state index in [0.717, 1.165) is 50.3 Å². The monoisotopic (exact) mass is 477 g/mol. The van der Waals surface area contributed by atoms with Gasteiger partial charge in [0, 0.05) is 25.7 Å². The highest BCUT2D eigenvalue weighted by Gasteiger charge is 2.21. The molecule has 2 aromatic heterocycles. The SMILES string of the molecule is Cc1cc(OCCCC2CCN(c3ncc(Cl)cn3)CC2)nc(C)c1C(=O)NC[C@H](O)CO. The lowest BCUT2D eigenvalue weighted by atomic mass is 9.92. The summed E-state index contributed by atoms with van der Waals surface area (Å²) in [7, 11) is 0. The molecule has 0 aliphatic carbocycles. The van der Waals surface area contributed by atoms with Crippen LogP contribution < -0.4 is 15.0 Å². The number of halogens is 1. The predicted molar refractivity (Wildman–Crippen MR) is 126 cm³/mol. The molecule has 3 N–H and O–H groups in total. The van der Waals surface area contributed by atoms with Crippen molar-refractivity contribution in [2.75, 3.05) is 37.7 Å². The van der Waals surface area contributed by atoms with Crippen LogP contribution in [-0.2, 0) is 0 Å². The van der Waals surface area contributed by atoms with Gasteiger partial charge in [-0.05, 0) is 51.0 Å². The lowest BCUT2D eigenvalue weighted by Crippen LogP contribution is -2.35. The molecule has 2 aromatic rings. The van der Waals surface area contributed by atoms with Crippen molar-refractivity contribution in [3.63, 3.8) is 0 Å². The average Bonchev–Trinajstić information content (AvgIpc) is 2.81. The fourth-order valence-electron chi connectivity index (χ4n) is 4.02. The van der Waals surface area contributed by atoms with E-state index in [-0.39, 0.29) is 12.5 Å². The minimum Gasteiger partial charge on any atom is -0.478 e. The zero-order chi connectivity index (χ0) is 23.8. The van der Waals surface area contributed by atoms with E-state index in [1.807, 2.05) is 6.92 Å². The third-order valence-corrected chi connectivity index (χ3v) is 6.02. The summed E-state index contributed by atoms with van der Waals surface area (Å²) in [6, 6.07) is 1.76. The number of aliphatic hydroxyl groups is 2. The molecule has 1 amide bonds. The maximum absolute atomic E-state index is 12.4. The van der Waals surface area contributed by atoms with E-state index < -0.39 is 12.7 Å². The summed E-state index contributed by atoms with van der Waals surface area (Å²) in [6.07, 6.45) is 6.48. The fraction of sp³-hybridized carbons (Fsp3) is 0.565. The number of aryl methyl sites for hydroxylation is 2. The van der Waals surface area contributed by atoms with Crippen molar-refractivity contribution in [2.45, 2.75) is 45.6 Å². The maximum atomic E-state index is 12.4. The van der Waals surface area contributed by atoms with Crippen molar-refractivity contribution < 1.29 is 19.7 Å². The van der Waals surface area contributed by atoms with Crippen molar-refractivity contribution in [3.8, 4) is 5.88 Å². The summed E-state index contributed by atoms with van der Waals surface area (Å²) in [4.78, 5) is 27.6. The Bertz CT molecular complexity index is 897. The first-order chi connectivity index (χ1) is 15.9. The Morgan fingerprint density at radius 3 is 2.64 bits per heavy atom. The van der Waals surface area contributed by atoms with Crippen LogP contribution in [0.1, 0.15) is 47.3 Å². The summed E-state index contributed by atoms with van der Waals surface area (Å²) >= 11 is 5.86. The summed E-state index contributed by atoms with van der Waals surface area (Å²) in [6.45, 7) is 5.61. The maximum Gasteiger partial charge on any atom is 0.253 e. The number of aliphatic hydroxyl groups excluding tert-OH is 2. The smallest absolute Gasteiger partial charge is 0.253 e. The van der Waals surface area contributed by atoms with E-state index in [4.69, 9.17) is 21.4 Å². The molecular weight excluding hydrogens is 446 g/mol. The van der Waals surface area contributed by atoms with E-state index in [2.05, 4.69) is 25.2 Å². The molecule has 33 heavy (non-hydrogen) atoms. The molecule has 0 spiro atoms. The molecule has 3 heterocycles. The molecule has 1 atom stereocenters. The van der Waals surface area contributed by atoms with E-state index in [1.54, 1.807) is 25.4 Å². The standard InChI is InChI=1S/C23H32ClN5O4/c1-15-10-20(28-16(2)21(15)22(32)25-13-19(31)14-30)33-9-3-4-17-5-7-29(8-6-17)23-26-11-18(24)12-27-23/h10-12,17,19,30-31H,3-9,13-14H2,1-2H3,(H,25,32)/t19-/m0/s1. The number of nitrogens with one attached hydrogen (secondary N) is 1. The molecule has 9 nitrogen and oxygen atoms in total. The average molecular weight is 478 g/mol. The molecule has 1 fully saturated rings. The van der Waals surface area contributed by atoms with Crippen LogP contribution in [-0.4, -0.2) is 70.0 Å². The Hall–Kier alpha value is -2.49. The molecule has 0 unspecified atom stereocenters. The van der Waals surface area contributed by atoms with Gasteiger partial charge in [0.25, 0.3) is 5.91 Å². The zero-order valence-corrected chi connectivity index (χ0v) is 19.9. The molecule has 10 heteroatoms. The topological polar surface area (TPSA) is 121 Å². The number of pyridine rings is 1. The van der Waals surface area contributed by atoms with Gasteiger partial charge in [0.05, 0.1) is 48.0 Å². The summed E-state index contributed by atoms with van der Waals surface area (Å²) < 4.78 is 5.85. The number of nitrogens with zero attached hydrogens (tertiary/aromatic N) is 4. The number of carbonyl (C=O) groups excluding carboxylic acids is 1. The minimum absolute atomic E-state index is 0.0158. The van der Waals surface area contributed by atoms with E-state index >= 15 is 0 Å². The van der Waals surface area contributed by atoms with Gasteiger partial charge in [-0.15, -0.1) is 0 Å². The Balaban J connectivity index is 1.41. The molecule has 1 aliphatic rings. The third kappa shape index (κ3) is 7.25. The number of hydrogen-bond donors (Lipinski definition) is 3. The molecule has 3 rings (SSSR count). The summed E-state index contributed by atoms with van der Waals surface area (Å²) in [5.41, 5.74) is 1.78. The van der Waals surface area contributed by atoms with Crippen LogP contribution in [0, 0.1) is 19.8 Å². The normalized spacial score (nSPS) is 15.4. The Labute approximate surface area is 199 Å². The van der Waals surface area contributed by atoms with Crippen molar-refractivity contribution in [1.82, 2.24) is 20.3 Å². The zero-order valence-electron chi connectivity index (χ0n) is 19.1. The number of aromatic nitrogens is 3. The highest BCUT2D eigenvalue weighted by atomic mass is 35.5. The fourth-order valence-corrected chi connectivity index (χ4v) is 4.11. The number of rotatable bonds is 10. The first kappa shape index (κ1) is 25.1. The molecule has 0 saturated carbocycles. The van der Waals surface area contributed by atoms with Crippen LogP contribution in [0.2, 0.25) is 5.02 Å². The van der Waals surface area contributed by atoms with Gasteiger partial charge >= 0.3 is 0 Å². The molecule has 1 saturated heterocycles.